The van der Waals surface area contributed by atoms with Gasteiger partial charge in [0, 0.05) is 54.9 Å². The largest absolute Gasteiger partial charge is 0.361 e. The van der Waals surface area contributed by atoms with E-state index in [1.807, 2.05) is 30.5 Å². The van der Waals surface area contributed by atoms with Crippen molar-refractivity contribution in [2.75, 3.05) is 26.2 Å². The number of nitrogens with one attached hydrogen (secondary N) is 1. The minimum atomic E-state index is -0.357. The van der Waals surface area contributed by atoms with Crippen LogP contribution >= 0.6 is 0 Å². The molecule has 1 N–H and O–H groups in total. The van der Waals surface area contributed by atoms with E-state index in [1.165, 1.54) is 18.2 Å². The SMILES string of the molecule is O=C(C=Cc1ccccc1F)N1CCN(C(=O)Cc2c[nH]c3ccccc23)CC1. The van der Waals surface area contributed by atoms with E-state index in [-0.39, 0.29) is 17.6 Å². The second kappa shape index (κ2) is 8.31. The lowest BCUT2D eigenvalue weighted by atomic mass is 10.1. The molecule has 6 heteroatoms. The van der Waals surface area contributed by atoms with Crippen molar-refractivity contribution in [3.05, 3.63) is 77.7 Å². The highest BCUT2D eigenvalue weighted by Crippen LogP contribution is 2.19. The second-order valence-corrected chi connectivity index (χ2v) is 7.10. The smallest absolute Gasteiger partial charge is 0.246 e. The summed E-state index contributed by atoms with van der Waals surface area (Å²) in [5.41, 5.74) is 2.39. The van der Waals surface area contributed by atoms with Crippen molar-refractivity contribution in [3.63, 3.8) is 0 Å². The number of nitrogens with zero attached hydrogens (tertiary/aromatic N) is 2. The zero-order valence-electron chi connectivity index (χ0n) is 16.0. The third kappa shape index (κ3) is 4.21. The molecule has 0 saturated carbocycles. The first-order valence-corrected chi connectivity index (χ1v) is 9.66. The van der Waals surface area contributed by atoms with Crippen LogP contribution in [0, 0.1) is 5.82 Å². The Balaban J connectivity index is 1.32. The number of fused-ring (bicyclic) bond motifs is 1. The summed E-state index contributed by atoms with van der Waals surface area (Å²) in [6.45, 7) is 1.95. The summed E-state index contributed by atoms with van der Waals surface area (Å²) in [5.74, 6) is -0.468. The number of carbonyl (C=O) groups excluding carboxylic acids is 2. The summed E-state index contributed by atoms with van der Waals surface area (Å²) >= 11 is 0. The van der Waals surface area contributed by atoms with E-state index in [2.05, 4.69) is 4.98 Å². The molecule has 3 aromatic rings. The van der Waals surface area contributed by atoms with Crippen LogP contribution in [0.4, 0.5) is 4.39 Å². The van der Waals surface area contributed by atoms with E-state index in [1.54, 1.807) is 28.0 Å². The first-order valence-electron chi connectivity index (χ1n) is 9.66. The molecule has 1 aliphatic rings. The number of aromatic nitrogens is 1. The summed E-state index contributed by atoms with van der Waals surface area (Å²) < 4.78 is 13.7. The minimum Gasteiger partial charge on any atom is -0.361 e. The van der Waals surface area contributed by atoms with Gasteiger partial charge in [-0.25, -0.2) is 4.39 Å². The first-order chi connectivity index (χ1) is 14.1. The zero-order chi connectivity index (χ0) is 20.2. The fourth-order valence-corrected chi connectivity index (χ4v) is 3.61. The molecule has 4 rings (SSSR count). The van der Waals surface area contributed by atoms with E-state index in [4.69, 9.17) is 0 Å². The van der Waals surface area contributed by atoms with Crippen molar-refractivity contribution in [1.29, 1.82) is 0 Å². The molecule has 0 unspecified atom stereocenters. The van der Waals surface area contributed by atoms with Gasteiger partial charge in [0.15, 0.2) is 0 Å². The highest BCUT2D eigenvalue weighted by molar-refractivity contribution is 5.92. The van der Waals surface area contributed by atoms with Crippen LogP contribution in [0.5, 0.6) is 0 Å². The fraction of sp³-hybridized carbons (Fsp3) is 0.217. The predicted molar refractivity (Wildman–Crippen MR) is 111 cm³/mol. The van der Waals surface area contributed by atoms with Gasteiger partial charge in [-0.3, -0.25) is 9.59 Å². The van der Waals surface area contributed by atoms with E-state index in [0.29, 0.717) is 38.2 Å². The van der Waals surface area contributed by atoms with Crippen LogP contribution in [0.3, 0.4) is 0 Å². The lowest BCUT2D eigenvalue weighted by molar-refractivity contribution is -0.136. The van der Waals surface area contributed by atoms with E-state index in [9.17, 15) is 14.0 Å². The Morgan fingerprint density at radius 2 is 1.66 bits per heavy atom. The lowest BCUT2D eigenvalue weighted by Crippen LogP contribution is -2.50. The molecule has 1 aliphatic heterocycles. The lowest BCUT2D eigenvalue weighted by Gasteiger charge is -2.34. The molecule has 29 heavy (non-hydrogen) atoms. The number of carbonyl (C=O) groups is 2. The van der Waals surface area contributed by atoms with Crippen molar-refractivity contribution < 1.29 is 14.0 Å². The van der Waals surface area contributed by atoms with Gasteiger partial charge >= 0.3 is 0 Å². The summed E-state index contributed by atoms with van der Waals surface area (Å²) in [7, 11) is 0. The summed E-state index contributed by atoms with van der Waals surface area (Å²) in [5, 5.41) is 1.06. The summed E-state index contributed by atoms with van der Waals surface area (Å²) in [6.07, 6.45) is 5.11. The topological polar surface area (TPSA) is 56.4 Å². The number of halogens is 1. The Kier molecular flexibility index (Phi) is 5.42. The zero-order valence-corrected chi connectivity index (χ0v) is 16.0. The molecule has 0 radical (unpaired) electrons. The van der Waals surface area contributed by atoms with Gasteiger partial charge in [-0.05, 0) is 23.8 Å². The number of hydrogen-bond acceptors (Lipinski definition) is 2. The molecule has 2 amide bonds. The molecule has 1 fully saturated rings. The minimum absolute atomic E-state index is 0.0590. The molecular weight excluding hydrogens is 369 g/mol. The van der Waals surface area contributed by atoms with Crippen molar-refractivity contribution in [2.24, 2.45) is 0 Å². The number of piperazine rings is 1. The Labute approximate surface area is 168 Å². The van der Waals surface area contributed by atoms with E-state index < -0.39 is 0 Å². The van der Waals surface area contributed by atoms with Crippen LogP contribution in [0.25, 0.3) is 17.0 Å². The maximum absolute atomic E-state index is 13.7. The molecule has 0 spiro atoms. The van der Waals surface area contributed by atoms with Crippen LogP contribution in [0.2, 0.25) is 0 Å². The third-order valence-electron chi connectivity index (χ3n) is 5.27. The molecular formula is C23H22FN3O2. The average Bonchev–Trinajstić information content (AvgIpc) is 3.16. The van der Waals surface area contributed by atoms with Crippen molar-refractivity contribution in [1.82, 2.24) is 14.8 Å². The monoisotopic (exact) mass is 391 g/mol. The quantitative estimate of drug-likeness (QED) is 0.695. The predicted octanol–water partition coefficient (Wildman–Crippen LogP) is 3.23. The van der Waals surface area contributed by atoms with Crippen LogP contribution in [0.1, 0.15) is 11.1 Å². The van der Waals surface area contributed by atoms with Gasteiger partial charge in [0.25, 0.3) is 0 Å². The van der Waals surface area contributed by atoms with Gasteiger partial charge in [-0.1, -0.05) is 36.4 Å². The molecule has 0 aliphatic carbocycles. The van der Waals surface area contributed by atoms with Crippen molar-refractivity contribution >= 4 is 28.8 Å². The molecule has 0 bridgehead atoms. The van der Waals surface area contributed by atoms with E-state index in [0.717, 1.165) is 16.5 Å². The number of benzene rings is 2. The number of hydrogen-bond donors (Lipinski definition) is 1. The van der Waals surface area contributed by atoms with Crippen LogP contribution in [0.15, 0.2) is 60.8 Å². The standard InChI is InChI=1S/C23H22FN3O2/c24-20-7-3-1-5-17(20)9-10-22(28)26-11-13-27(14-12-26)23(29)15-18-16-25-21-8-4-2-6-19(18)21/h1-10,16,25H,11-15H2. The fourth-order valence-electron chi connectivity index (χ4n) is 3.61. The van der Waals surface area contributed by atoms with Crippen LogP contribution < -0.4 is 0 Å². The third-order valence-corrected chi connectivity index (χ3v) is 5.27. The van der Waals surface area contributed by atoms with Crippen LogP contribution in [-0.2, 0) is 16.0 Å². The highest BCUT2D eigenvalue weighted by atomic mass is 19.1. The van der Waals surface area contributed by atoms with E-state index >= 15 is 0 Å². The molecule has 1 aromatic heterocycles. The number of amides is 2. The number of rotatable bonds is 4. The molecule has 1 saturated heterocycles. The maximum atomic E-state index is 13.7. The maximum Gasteiger partial charge on any atom is 0.246 e. The number of H-pyrrole nitrogens is 1. The Hall–Kier alpha value is -3.41. The van der Waals surface area contributed by atoms with Gasteiger partial charge in [0.2, 0.25) is 11.8 Å². The Morgan fingerprint density at radius 1 is 0.966 bits per heavy atom. The normalized spacial score (nSPS) is 14.7. The average molecular weight is 391 g/mol. The summed E-state index contributed by atoms with van der Waals surface area (Å²) in [4.78, 5) is 31.7. The second-order valence-electron chi connectivity index (χ2n) is 7.10. The van der Waals surface area contributed by atoms with Gasteiger partial charge in [0.1, 0.15) is 5.82 Å². The van der Waals surface area contributed by atoms with Crippen LogP contribution in [-0.4, -0.2) is 52.8 Å². The van der Waals surface area contributed by atoms with Crippen molar-refractivity contribution in [2.45, 2.75) is 6.42 Å². The molecule has 2 heterocycles. The van der Waals surface area contributed by atoms with Gasteiger partial charge < -0.3 is 14.8 Å². The summed E-state index contributed by atoms with van der Waals surface area (Å²) in [6, 6.07) is 14.2. The number of aromatic amines is 1. The van der Waals surface area contributed by atoms with Gasteiger partial charge in [-0.2, -0.15) is 0 Å². The molecule has 5 nitrogen and oxygen atoms in total. The Bertz CT molecular complexity index is 1060. The number of para-hydroxylation sites is 1. The van der Waals surface area contributed by atoms with Gasteiger partial charge in [0.05, 0.1) is 6.42 Å². The highest BCUT2D eigenvalue weighted by Gasteiger charge is 2.23. The molecule has 148 valence electrons. The molecule has 0 atom stereocenters. The van der Waals surface area contributed by atoms with Crippen molar-refractivity contribution in [3.8, 4) is 0 Å². The van der Waals surface area contributed by atoms with Gasteiger partial charge in [-0.15, -0.1) is 0 Å². The first kappa shape index (κ1) is 18.9. The Morgan fingerprint density at radius 3 is 2.45 bits per heavy atom. The molecule has 2 aromatic carbocycles.